The summed E-state index contributed by atoms with van der Waals surface area (Å²) < 4.78 is 30.4. The number of amides is 1. The molecule has 0 spiro atoms. The van der Waals surface area contributed by atoms with Crippen molar-refractivity contribution in [2.24, 2.45) is 0 Å². The van der Waals surface area contributed by atoms with E-state index in [9.17, 15) is 19.1 Å². The maximum atomic E-state index is 13.8. The van der Waals surface area contributed by atoms with Gasteiger partial charge in [-0.15, -0.1) is 0 Å². The maximum Gasteiger partial charge on any atom is 0.220 e. The highest BCUT2D eigenvalue weighted by Gasteiger charge is 2.30. The Morgan fingerprint density at radius 3 is 2.54 bits per heavy atom. The van der Waals surface area contributed by atoms with E-state index in [1.807, 2.05) is 11.8 Å². The molecule has 0 saturated carbocycles. The van der Waals surface area contributed by atoms with Gasteiger partial charge in [0.25, 0.3) is 0 Å². The lowest BCUT2D eigenvalue weighted by Crippen LogP contribution is -2.46. The summed E-state index contributed by atoms with van der Waals surface area (Å²) in [5.41, 5.74) is 1.26. The number of likely N-dealkylation sites (tertiary alicyclic amines) is 1. The van der Waals surface area contributed by atoms with Gasteiger partial charge < -0.3 is 24.6 Å². The number of hydrogen-bond donors (Lipinski definition) is 2. The van der Waals surface area contributed by atoms with Crippen molar-refractivity contribution in [3.8, 4) is 17.2 Å². The summed E-state index contributed by atoms with van der Waals surface area (Å²) in [5, 5.41) is 14.2. The predicted molar refractivity (Wildman–Crippen MR) is 145 cm³/mol. The monoisotopic (exact) mass is 542 g/mol. The van der Waals surface area contributed by atoms with Gasteiger partial charge in [-0.3, -0.25) is 14.5 Å². The summed E-state index contributed by atoms with van der Waals surface area (Å²) in [6.45, 7) is 4.63. The molecule has 0 aromatic heterocycles. The fourth-order valence-corrected chi connectivity index (χ4v) is 5.00. The number of unbranched alkanes of at least 4 members (excludes halogenated alkanes) is 2. The Balaban J connectivity index is 1.26. The van der Waals surface area contributed by atoms with Gasteiger partial charge in [-0.2, -0.15) is 0 Å². The normalized spacial score (nSPS) is 18.4. The zero-order chi connectivity index (χ0) is 27.6. The molecule has 3 atom stereocenters. The molecular formula is C30H39FN2O6. The number of Topliss-reactive ketones (excluding diaryl/α,β-unsaturated/α-hetero) is 1. The van der Waals surface area contributed by atoms with Crippen molar-refractivity contribution >= 4 is 11.7 Å². The van der Waals surface area contributed by atoms with Crippen LogP contribution in [0.1, 0.15) is 67.5 Å². The Kier molecular flexibility index (Phi) is 10.6. The van der Waals surface area contributed by atoms with E-state index < -0.39 is 18.3 Å². The van der Waals surface area contributed by atoms with E-state index in [1.54, 1.807) is 42.5 Å². The molecule has 8 nitrogen and oxygen atoms in total. The van der Waals surface area contributed by atoms with Gasteiger partial charge in [0.2, 0.25) is 5.91 Å². The molecule has 0 radical (unpaired) electrons. The van der Waals surface area contributed by atoms with Crippen LogP contribution >= 0.6 is 0 Å². The number of benzene rings is 2. The highest BCUT2D eigenvalue weighted by molar-refractivity contribution is 5.96. The third-order valence-corrected chi connectivity index (χ3v) is 7.10. The van der Waals surface area contributed by atoms with Gasteiger partial charge in [-0.25, -0.2) is 4.39 Å². The van der Waals surface area contributed by atoms with Gasteiger partial charge >= 0.3 is 0 Å². The van der Waals surface area contributed by atoms with Crippen molar-refractivity contribution in [2.45, 2.75) is 63.8 Å². The summed E-state index contributed by atoms with van der Waals surface area (Å²) in [7, 11) is 0. The Hall–Kier alpha value is -3.17. The minimum absolute atomic E-state index is 0.0712. The van der Waals surface area contributed by atoms with Crippen LogP contribution in [0.2, 0.25) is 0 Å². The Bertz CT molecular complexity index is 1100. The Labute approximate surface area is 229 Å². The van der Waals surface area contributed by atoms with Crippen molar-refractivity contribution in [3.05, 3.63) is 53.6 Å². The van der Waals surface area contributed by atoms with E-state index in [0.717, 1.165) is 12.2 Å². The van der Waals surface area contributed by atoms with Crippen LogP contribution in [-0.4, -0.2) is 73.4 Å². The molecule has 4 rings (SSSR count). The second kappa shape index (κ2) is 14.3. The molecule has 2 aliphatic heterocycles. The fraction of sp³-hybridized carbons (Fsp3) is 0.533. The number of fused-ring (bicyclic) bond motifs is 1. The zero-order valence-corrected chi connectivity index (χ0v) is 22.6. The molecule has 2 aromatic rings. The maximum absolute atomic E-state index is 13.8. The number of aliphatic hydroxyl groups excluding tert-OH is 1. The molecule has 2 heterocycles. The van der Waals surface area contributed by atoms with Crippen molar-refractivity contribution in [1.82, 2.24) is 10.2 Å². The number of hydrogen-bond acceptors (Lipinski definition) is 7. The van der Waals surface area contributed by atoms with E-state index >= 15 is 0 Å². The van der Waals surface area contributed by atoms with Gasteiger partial charge in [0.05, 0.1) is 12.6 Å². The topological polar surface area (TPSA) is 97.3 Å². The van der Waals surface area contributed by atoms with E-state index in [1.165, 1.54) is 0 Å². The predicted octanol–water partition coefficient (Wildman–Crippen LogP) is 4.25. The highest BCUT2D eigenvalue weighted by atomic mass is 19.1. The molecule has 1 fully saturated rings. The van der Waals surface area contributed by atoms with Crippen LogP contribution in [0.15, 0.2) is 42.5 Å². The number of alkyl halides is 1. The zero-order valence-electron chi connectivity index (χ0n) is 22.6. The number of nitrogens with one attached hydrogen (secondary N) is 1. The van der Waals surface area contributed by atoms with Gasteiger partial charge in [0, 0.05) is 38.0 Å². The largest absolute Gasteiger partial charge is 0.494 e. The molecule has 212 valence electrons. The third-order valence-electron chi connectivity index (χ3n) is 7.10. The molecule has 0 aliphatic carbocycles. The van der Waals surface area contributed by atoms with Gasteiger partial charge in [-0.1, -0.05) is 12.5 Å². The molecule has 1 unspecified atom stereocenters. The molecule has 1 saturated heterocycles. The summed E-state index contributed by atoms with van der Waals surface area (Å²) in [6, 6.07) is 11.8. The van der Waals surface area contributed by atoms with Crippen molar-refractivity contribution in [2.75, 3.05) is 39.5 Å². The molecule has 2 aromatic carbocycles. The average molecular weight is 543 g/mol. The van der Waals surface area contributed by atoms with E-state index in [0.29, 0.717) is 87.8 Å². The lowest BCUT2D eigenvalue weighted by Gasteiger charge is -2.29. The minimum atomic E-state index is -0.991. The number of halogens is 1. The van der Waals surface area contributed by atoms with Crippen LogP contribution in [-0.2, 0) is 4.79 Å². The quantitative estimate of drug-likeness (QED) is 0.272. The number of ketones is 1. The number of rotatable bonds is 14. The van der Waals surface area contributed by atoms with E-state index in [-0.39, 0.29) is 18.1 Å². The lowest BCUT2D eigenvalue weighted by molar-refractivity contribution is -0.123. The first-order chi connectivity index (χ1) is 18.9. The number of nitrogens with zero attached hydrogens (tertiary/aromatic N) is 1. The molecule has 2 N–H and O–H groups in total. The second-order valence-corrected chi connectivity index (χ2v) is 10.1. The summed E-state index contributed by atoms with van der Waals surface area (Å²) in [5.74, 6) is 1.82. The van der Waals surface area contributed by atoms with Gasteiger partial charge in [0.1, 0.15) is 31.2 Å². The minimum Gasteiger partial charge on any atom is -0.494 e. The van der Waals surface area contributed by atoms with Crippen LogP contribution in [0, 0.1) is 0 Å². The summed E-state index contributed by atoms with van der Waals surface area (Å²) >= 11 is 0. The number of aliphatic hydroxyl groups is 1. The number of carbonyl (C=O) groups excluding carboxylic acids is 2. The SMILES string of the molecule is CCOc1ccc(C(=O)CCCCCC(=O)N[C@H](CN2CCC(F)C2)[C@@H](O)c2ccc3c(c2)OCCO3)cc1. The standard InChI is InChI=1S/C30H39FN2O6/c1-2-37-24-11-8-21(9-12-24)26(34)6-4-3-5-7-29(35)32-25(20-33-15-14-23(31)19-33)30(36)22-10-13-27-28(18-22)39-17-16-38-27/h8-13,18,23,25,30,36H,2-7,14-17,19-20H2,1H3,(H,32,35)/t23?,25-,30+/m1/s1. The van der Waals surface area contributed by atoms with Crippen LogP contribution < -0.4 is 19.5 Å². The van der Waals surface area contributed by atoms with Crippen molar-refractivity contribution in [3.63, 3.8) is 0 Å². The third kappa shape index (κ3) is 8.41. The lowest BCUT2D eigenvalue weighted by atomic mass is 10.00. The molecule has 9 heteroatoms. The van der Waals surface area contributed by atoms with Crippen LogP contribution in [0.5, 0.6) is 17.2 Å². The van der Waals surface area contributed by atoms with Crippen LogP contribution in [0.4, 0.5) is 4.39 Å². The van der Waals surface area contributed by atoms with Gasteiger partial charge in [0.15, 0.2) is 17.3 Å². The molecule has 2 aliphatic rings. The van der Waals surface area contributed by atoms with Crippen LogP contribution in [0.3, 0.4) is 0 Å². The summed E-state index contributed by atoms with van der Waals surface area (Å²) in [6.07, 6.45) is 1.33. The highest BCUT2D eigenvalue weighted by Crippen LogP contribution is 2.33. The van der Waals surface area contributed by atoms with Crippen molar-refractivity contribution < 1.29 is 33.3 Å². The molecular weight excluding hydrogens is 503 g/mol. The van der Waals surface area contributed by atoms with Crippen LogP contribution in [0.25, 0.3) is 0 Å². The first kappa shape index (κ1) is 28.8. The van der Waals surface area contributed by atoms with E-state index in [4.69, 9.17) is 14.2 Å². The van der Waals surface area contributed by atoms with Gasteiger partial charge in [-0.05, 0) is 68.1 Å². The van der Waals surface area contributed by atoms with Crippen molar-refractivity contribution in [1.29, 1.82) is 0 Å². The molecule has 0 bridgehead atoms. The first-order valence-electron chi connectivity index (χ1n) is 13.9. The molecule has 1 amide bonds. The second-order valence-electron chi connectivity index (χ2n) is 10.1. The smallest absolute Gasteiger partial charge is 0.220 e. The molecule has 39 heavy (non-hydrogen) atoms. The number of carbonyl (C=O) groups is 2. The Morgan fingerprint density at radius 2 is 1.82 bits per heavy atom. The summed E-state index contributed by atoms with van der Waals surface area (Å²) in [4.78, 5) is 27.2. The van der Waals surface area contributed by atoms with E-state index in [2.05, 4.69) is 5.32 Å². The average Bonchev–Trinajstić information content (AvgIpc) is 3.36. The first-order valence-corrected chi connectivity index (χ1v) is 13.9. The number of ether oxygens (including phenoxy) is 3. The fourth-order valence-electron chi connectivity index (χ4n) is 5.00. The Morgan fingerprint density at radius 1 is 1.08 bits per heavy atom.